The summed E-state index contributed by atoms with van der Waals surface area (Å²) in [6.45, 7) is 10.8. The van der Waals surface area contributed by atoms with Crippen LogP contribution in [0.15, 0.2) is 91.7 Å². The molecule has 0 amide bonds. The Labute approximate surface area is 228 Å². The maximum absolute atomic E-state index is 11.7. The molecule has 3 aromatic rings. The predicted molar refractivity (Wildman–Crippen MR) is 149 cm³/mol. The first-order chi connectivity index (χ1) is 18.9. The largest absolute Gasteiger partial charge is 0.489 e. The first-order valence-corrected chi connectivity index (χ1v) is 12.8. The van der Waals surface area contributed by atoms with Crippen molar-refractivity contribution in [2.45, 2.75) is 38.9 Å². The van der Waals surface area contributed by atoms with Crippen molar-refractivity contribution in [2.24, 2.45) is 0 Å². The van der Waals surface area contributed by atoms with Crippen molar-refractivity contribution in [3.8, 4) is 17.2 Å². The van der Waals surface area contributed by atoms with Crippen molar-refractivity contribution in [1.29, 1.82) is 0 Å². The summed E-state index contributed by atoms with van der Waals surface area (Å²) in [7, 11) is 0. The Balaban J connectivity index is 1.70. The quantitative estimate of drug-likeness (QED) is 0.214. The fraction of sp³-hybridized carbons (Fsp3) is 0.250. The Morgan fingerprint density at radius 3 is 1.85 bits per heavy atom. The molecule has 1 aliphatic rings. The van der Waals surface area contributed by atoms with Gasteiger partial charge in [0.1, 0.15) is 48.4 Å². The molecule has 39 heavy (non-hydrogen) atoms. The second-order valence-electron chi connectivity index (χ2n) is 9.15. The number of allylic oxidation sites excluding steroid dienone is 2. The molecule has 0 bridgehead atoms. The molecule has 0 aromatic heterocycles. The lowest BCUT2D eigenvalue weighted by atomic mass is 9.89. The summed E-state index contributed by atoms with van der Waals surface area (Å²) in [5.74, 6) is 1.92. The molecule has 1 aliphatic carbocycles. The number of hydrogen-bond donors (Lipinski definition) is 0. The van der Waals surface area contributed by atoms with E-state index in [1.54, 1.807) is 13.8 Å². The Hall–Kier alpha value is -4.52. The average Bonchev–Trinajstić information content (AvgIpc) is 2.95. The first kappa shape index (κ1) is 27.5. The first-order valence-electron chi connectivity index (χ1n) is 12.8. The van der Waals surface area contributed by atoms with Gasteiger partial charge in [-0.2, -0.15) is 0 Å². The lowest BCUT2D eigenvalue weighted by Gasteiger charge is -2.27. The van der Waals surface area contributed by atoms with Gasteiger partial charge in [-0.1, -0.05) is 55.6 Å². The average molecular weight is 529 g/mol. The topological polar surface area (TPSA) is 80.3 Å². The van der Waals surface area contributed by atoms with E-state index in [1.807, 2.05) is 60.7 Å². The van der Waals surface area contributed by atoms with Gasteiger partial charge < -0.3 is 23.7 Å². The van der Waals surface area contributed by atoms with E-state index in [2.05, 4.69) is 13.2 Å². The normalized spacial score (nSPS) is 13.7. The molecule has 0 saturated heterocycles. The van der Waals surface area contributed by atoms with Crippen LogP contribution in [-0.2, 0) is 31.9 Å². The number of esters is 2. The van der Waals surface area contributed by atoms with E-state index in [4.69, 9.17) is 23.7 Å². The summed E-state index contributed by atoms with van der Waals surface area (Å²) in [5, 5.41) is 1.72. The number of fused-ring (bicyclic) bond motifs is 2. The van der Waals surface area contributed by atoms with Crippen molar-refractivity contribution in [3.05, 3.63) is 103 Å². The minimum Gasteiger partial charge on any atom is -0.489 e. The summed E-state index contributed by atoms with van der Waals surface area (Å²) >= 11 is 0. The standard InChI is InChI=1S/C32H32O7/c1-5-29(33)37-21(3)19-35-31-25-14-10-11-15-26(25)32(36-20-22(4)38-30(34)6-2)28-18-24(16-17-27(28)31)39-23-12-8-7-9-13-23/h5-16,21-22H,1-2,17-20H2,3-4H3. The van der Waals surface area contributed by atoms with E-state index in [0.717, 1.165) is 45.6 Å². The third kappa shape index (κ3) is 6.87. The van der Waals surface area contributed by atoms with E-state index in [1.165, 1.54) is 0 Å². The summed E-state index contributed by atoms with van der Waals surface area (Å²) in [6.07, 6.45) is 4.37. The third-order valence-corrected chi connectivity index (χ3v) is 6.10. The van der Waals surface area contributed by atoms with Crippen LogP contribution < -0.4 is 14.2 Å². The monoisotopic (exact) mass is 528 g/mol. The van der Waals surface area contributed by atoms with Crippen LogP contribution in [0.4, 0.5) is 0 Å². The molecule has 0 aliphatic heterocycles. The number of rotatable bonds is 12. The van der Waals surface area contributed by atoms with Gasteiger partial charge in [-0.25, -0.2) is 9.59 Å². The molecule has 4 rings (SSSR count). The number of ether oxygens (including phenoxy) is 5. The molecule has 7 heteroatoms. The van der Waals surface area contributed by atoms with Gasteiger partial charge in [-0.3, -0.25) is 0 Å². The van der Waals surface area contributed by atoms with Crippen molar-refractivity contribution >= 4 is 22.7 Å². The minimum atomic E-state index is -0.505. The highest BCUT2D eigenvalue weighted by molar-refractivity contribution is 5.96. The SMILES string of the molecule is C=CC(=O)OC(C)COc1c2c(c(OCC(C)OC(=O)C=C)c3ccccc13)CC(Oc1ccccc1)=CC2. The van der Waals surface area contributed by atoms with Gasteiger partial charge in [-0.15, -0.1) is 0 Å². The fourth-order valence-corrected chi connectivity index (χ4v) is 4.35. The second-order valence-corrected chi connectivity index (χ2v) is 9.15. The molecule has 2 unspecified atom stereocenters. The van der Waals surface area contributed by atoms with E-state index in [-0.39, 0.29) is 13.2 Å². The zero-order valence-electron chi connectivity index (χ0n) is 22.2. The molecule has 0 fully saturated rings. The van der Waals surface area contributed by atoms with Gasteiger partial charge in [0.15, 0.2) is 0 Å². The smallest absolute Gasteiger partial charge is 0.330 e. The number of hydrogen-bond acceptors (Lipinski definition) is 7. The van der Waals surface area contributed by atoms with E-state index >= 15 is 0 Å². The molecule has 0 radical (unpaired) electrons. The molecule has 0 saturated carbocycles. The van der Waals surface area contributed by atoms with E-state index in [9.17, 15) is 9.59 Å². The zero-order chi connectivity index (χ0) is 27.8. The molecule has 202 valence electrons. The van der Waals surface area contributed by atoms with Gasteiger partial charge in [0.2, 0.25) is 0 Å². The molecular weight excluding hydrogens is 496 g/mol. The van der Waals surface area contributed by atoms with Crippen molar-refractivity contribution in [1.82, 2.24) is 0 Å². The van der Waals surface area contributed by atoms with Gasteiger partial charge in [0.25, 0.3) is 0 Å². The third-order valence-electron chi connectivity index (χ3n) is 6.10. The molecular formula is C32H32O7. The molecule has 3 aromatic carbocycles. The minimum absolute atomic E-state index is 0.156. The van der Waals surface area contributed by atoms with Crippen molar-refractivity contribution in [3.63, 3.8) is 0 Å². The van der Waals surface area contributed by atoms with Gasteiger partial charge in [0, 0.05) is 40.5 Å². The maximum Gasteiger partial charge on any atom is 0.330 e. The highest BCUT2D eigenvalue weighted by Crippen LogP contribution is 2.44. The van der Waals surface area contributed by atoms with Crippen LogP contribution in [0.2, 0.25) is 0 Å². The van der Waals surface area contributed by atoms with Crippen LogP contribution in [0.25, 0.3) is 10.8 Å². The Kier molecular flexibility index (Phi) is 9.05. The van der Waals surface area contributed by atoms with E-state index in [0.29, 0.717) is 24.3 Å². The molecule has 0 spiro atoms. The Bertz CT molecular complexity index is 1390. The van der Waals surface area contributed by atoms with Gasteiger partial charge in [-0.05, 0) is 38.5 Å². The van der Waals surface area contributed by atoms with Gasteiger partial charge in [0.05, 0.1) is 0 Å². The van der Waals surface area contributed by atoms with Gasteiger partial charge >= 0.3 is 11.9 Å². The van der Waals surface area contributed by atoms with Crippen LogP contribution >= 0.6 is 0 Å². The molecule has 0 N–H and O–H groups in total. The Morgan fingerprint density at radius 1 is 0.795 bits per heavy atom. The van der Waals surface area contributed by atoms with Crippen LogP contribution in [0.5, 0.6) is 17.2 Å². The summed E-state index contributed by atoms with van der Waals surface area (Å²) in [6, 6.07) is 17.4. The van der Waals surface area contributed by atoms with Crippen LogP contribution in [0.3, 0.4) is 0 Å². The number of carbonyl (C=O) groups is 2. The summed E-state index contributed by atoms with van der Waals surface area (Å²) in [5.41, 5.74) is 1.89. The number of para-hydroxylation sites is 1. The highest BCUT2D eigenvalue weighted by Gasteiger charge is 2.26. The number of carbonyl (C=O) groups excluding carboxylic acids is 2. The van der Waals surface area contributed by atoms with Crippen molar-refractivity contribution < 1.29 is 33.3 Å². The second kappa shape index (κ2) is 12.8. The zero-order valence-corrected chi connectivity index (χ0v) is 22.2. The molecule has 7 nitrogen and oxygen atoms in total. The van der Waals surface area contributed by atoms with Crippen LogP contribution in [0.1, 0.15) is 25.0 Å². The Morgan fingerprint density at radius 2 is 1.31 bits per heavy atom. The van der Waals surface area contributed by atoms with Crippen LogP contribution in [-0.4, -0.2) is 37.4 Å². The maximum atomic E-state index is 11.7. The van der Waals surface area contributed by atoms with Crippen molar-refractivity contribution in [2.75, 3.05) is 13.2 Å². The number of benzene rings is 3. The lowest BCUT2D eigenvalue weighted by molar-refractivity contribution is -0.144. The lowest BCUT2D eigenvalue weighted by Crippen LogP contribution is -2.23. The predicted octanol–water partition coefficient (Wildman–Crippen LogP) is 5.89. The highest BCUT2D eigenvalue weighted by atomic mass is 16.6. The molecule has 2 atom stereocenters. The summed E-state index contributed by atoms with van der Waals surface area (Å²) in [4.78, 5) is 23.3. The van der Waals surface area contributed by atoms with Crippen LogP contribution in [0, 0.1) is 0 Å². The van der Waals surface area contributed by atoms with E-state index < -0.39 is 24.1 Å². The summed E-state index contributed by atoms with van der Waals surface area (Å²) < 4.78 is 29.5. The fourth-order valence-electron chi connectivity index (χ4n) is 4.35. The molecule has 0 heterocycles.